The lowest BCUT2D eigenvalue weighted by molar-refractivity contribution is -0.0199. The van der Waals surface area contributed by atoms with Gasteiger partial charge in [-0.3, -0.25) is 0 Å². The van der Waals surface area contributed by atoms with Gasteiger partial charge in [0.2, 0.25) is 0 Å². The number of phenols is 2. The van der Waals surface area contributed by atoms with Crippen molar-refractivity contribution >= 4 is 11.9 Å². The van der Waals surface area contributed by atoms with E-state index in [2.05, 4.69) is 13.8 Å². The first-order valence-electron chi connectivity index (χ1n) is 13.6. The third kappa shape index (κ3) is 6.28. The second kappa shape index (κ2) is 11.2. The quantitative estimate of drug-likeness (QED) is 0.414. The Morgan fingerprint density at radius 1 is 0.676 bits per heavy atom. The Bertz CT molecular complexity index is 1030. The number of hydrogen-bond acceptors (Lipinski definition) is 6. The van der Waals surface area contributed by atoms with E-state index in [0.717, 1.165) is 51.4 Å². The molecule has 0 atom stereocenters. The van der Waals surface area contributed by atoms with Crippen molar-refractivity contribution < 1.29 is 29.3 Å². The molecule has 0 radical (unpaired) electrons. The fourth-order valence-electron chi connectivity index (χ4n) is 6.19. The summed E-state index contributed by atoms with van der Waals surface area (Å²) in [6, 6.07) is 9.64. The molecule has 2 aliphatic rings. The van der Waals surface area contributed by atoms with Gasteiger partial charge in [0.05, 0.1) is 11.1 Å². The highest BCUT2D eigenvalue weighted by atomic mass is 16.5. The van der Waals surface area contributed by atoms with Crippen molar-refractivity contribution in [1.82, 2.24) is 0 Å². The highest BCUT2D eigenvalue weighted by Crippen LogP contribution is 2.49. The number of aromatic hydroxyl groups is 2. The molecule has 0 heterocycles. The molecule has 0 saturated heterocycles. The van der Waals surface area contributed by atoms with Crippen molar-refractivity contribution in [2.45, 2.75) is 91.3 Å². The van der Waals surface area contributed by atoms with Crippen LogP contribution in [0.2, 0.25) is 0 Å². The summed E-state index contributed by atoms with van der Waals surface area (Å²) in [7, 11) is 0. The summed E-state index contributed by atoms with van der Waals surface area (Å²) >= 11 is 0. The minimum absolute atomic E-state index is 0.0626. The molecule has 2 aliphatic carbocycles. The van der Waals surface area contributed by atoms with Gasteiger partial charge in [-0.2, -0.15) is 0 Å². The van der Waals surface area contributed by atoms with Crippen LogP contribution in [0.4, 0.5) is 0 Å². The second-order valence-electron chi connectivity index (χ2n) is 11.6. The van der Waals surface area contributed by atoms with Crippen LogP contribution in [0, 0.1) is 31.1 Å². The topological polar surface area (TPSA) is 93.1 Å². The maximum absolute atomic E-state index is 12.6. The van der Waals surface area contributed by atoms with Crippen molar-refractivity contribution in [3.8, 4) is 11.5 Å². The van der Waals surface area contributed by atoms with Crippen molar-refractivity contribution in [3.05, 3.63) is 58.7 Å². The number of hydrogen-bond donors (Lipinski definition) is 2. The second-order valence-corrected chi connectivity index (χ2v) is 11.6. The van der Waals surface area contributed by atoms with Crippen molar-refractivity contribution in [2.24, 2.45) is 17.3 Å². The minimum atomic E-state index is -0.318. The zero-order valence-electron chi connectivity index (χ0n) is 22.5. The molecule has 4 rings (SSSR count). The van der Waals surface area contributed by atoms with Crippen LogP contribution in [0.3, 0.4) is 0 Å². The summed E-state index contributed by atoms with van der Waals surface area (Å²) < 4.78 is 11.6. The Balaban J connectivity index is 1.24. The molecule has 6 nitrogen and oxygen atoms in total. The zero-order chi connectivity index (χ0) is 26.7. The molecule has 2 aromatic carbocycles. The van der Waals surface area contributed by atoms with Crippen LogP contribution >= 0.6 is 0 Å². The SMILES string of the molecule is Cc1cc(C(=O)OC2CCC(C(C)(C)C3CCC(OC(=O)c4ccc(O)c(C)c4)CC3)CC2)ccc1O. The van der Waals surface area contributed by atoms with E-state index in [0.29, 0.717) is 34.1 Å². The van der Waals surface area contributed by atoms with Crippen LogP contribution in [-0.2, 0) is 9.47 Å². The summed E-state index contributed by atoms with van der Waals surface area (Å²) in [5.74, 6) is 0.866. The number of rotatable bonds is 6. The van der Waals surface area contributed by atoms with Gasteiger partial charge in [0.1, 0.15) is 23.7 Å². The first-order valence-corrected chi connectivity index (χ1v) is 13.6. The molecule has 37 heavy (non-hydrogen) atoms. The summed E-state index contributed by atoms with van der Waals surface area (Å²) in [6.07, 6.45) is 7.50. The third-order valence-corrected chi connectivity index (χ3v) is 8.87. The first kappa shape index (κ1) is 27.0. The summed E-state index contributed by atoms with van der Waals surface area (Å²) in [5.41, 5.74) is 2.47. The molecule has 6 heteroatoms. The number of esters is 2. The Morgan fingerprint density at radius 2 is 1.03 bits per heavy atom. The molecule has 0 unspecified atom stereocenters. The first-order chi connectivity index (χ1) is 17.5. The van der Waals surface area contributed by atoms with Gasteiger partial charge in [-0.1, -0.05) is 13.8 Å². The molecule has 2 saturated carbocycles. The van der Waals surface area contributed by atoms with E-state index in [1.165, 1.54) is 12.1 Å². The average Bonchev–Trinajstić information content (AvgIpc) is 2.88. The summed E-state index contributed by atoms with van der Waals surface area (Å²) in [5, 5.41) is 19.4. The number of ether oxygens (including phenoxy) is 2. The van der Waals surface area contributed by atoms with Gasteiger partial charge in [0.15, 0.2) is 0 Å². The predicted octanol–water partition coefficient (Wildman–Crippen LogP) is 6.87. The number of carbonyl (C=O) groups excluding carboxylic acids is 2. The molecule has 2 N–H and O–H groups in total. The van der Waals surface area contributed by atoms with Crippen molar-refractivity contribution in [2.75, 3.05) is 0 Å². The van der Waals surface area contributed by atoms with Gasteiger partial charge in [0, 0.05) is 0 Å². The van der Waals surface area contributed by atoms with Crippen LogP contribution in [0.5, 0.6) is 11.5 Å². The smallest absolute Gasteiger partial charge is 0.338 e. The average molecular weight is 509 g/mol. The van der Waals surface area contributed by atoms with Gasteiger partial charge >= 0.3 is 11.9 Å². The van der Waals surface area contributed by atoms with E-state index >= 15 is 0 Å². The molecule has 0 aromatic heterocycles. The lowest BCUT2D eigenvalue weighted by atomic mass is 9.60. The van der Waals surface area contributed by atoms with E-state index in [-0.39, 0.29) is 41.1 Å². The predicted molar refractivity (Wildman–Crippen MR) is 142 cm³/mol. The van der Waals surface area contributed by atoms with E-state index in [4.69, 9.17) is 9.47 Å². The number of aryl methyl sites for hydroxylation is 2. The third-order valence-electron chi connectivity index (χ3n) is 8.87. The number of benzene rings is 2. The van der Waals surface area contributed by atoms with Crippen LogP contribution < -0.4 is 0 Å². The van der Waals surface area contributed by atoms with Crippen LogP contribution in [0.1, 0.15) is 97.1 Å². The molecule has 200 valence electrons. The van der Waals surface area contributed by atoms with Gasteiger partial charge in [-0.05, 0) is 130 Å². The normalized spacial score (nSPS) is 24.3. The largest absolute Gasteiger partial charge is 0.508 e. The maximum atomic E-state index is 12.6. The molecule has 2 fully saturated rings. The minimum Gasteiger partial charge on any atom is -0.508 e. The Morgan fingerprint density at radius 3 is 1.35 bits per heavy atom. The van der Waals surface area contributed by atoms with Crippen molar-refractivity contribution in [1.29, 1.82) is 0 Å². The maximum Gasteiger partial charge on any atom is 0.338 e. The van der Waals surface area contributed by atoms with E-state index < -0.39 is 0 Å². The summed E-state index contributed by atoms with van der Waals surface area (Å²) in [4.78, 5) is 25.2. The van der Waals surface area contributed by atoms with E-state index in [1.807, 2.05) is 0 Å². The van der Waals surface area contributed by atoms with Crippen molar-refractivity contribution in [3.63, 3.8) is 0 Å². The Labute approximate surface area is 220 Å². The fourth-order valence-corrected chi connectivity index (χ4v) is 6.19. The lowest BCUT2D eigenvalue weighted by Gasteiger charge is -2.46. The number of phenolic OH excluding ortho intramolecular Hbond substituents is 2. The van der Waals surface area contributed by atoms with E-state index in [1.54, 1.807) is 38.1 Å². The molecule has 0 bridgehead atoms. The highest BCUT2D eigenvalue weighted by Gasteiger charge is 2.41. The van der Waals surface area contributed by atoms with Crippen LogP contribution in [0.25, 0.3) is 0 Å². The molecule has 0 amide bonds. The molecule has 2 aromatic rings. The Hall–Kier alpha value is -3.02. The van der Waals surface area contributed by atoms with Gasteiger partial charge in [-0.15, -0.1) is 0 Å². The number of carbonyl (C=O) groups is 2. The van der Waals surface area contributed by atoms with E-state index in [9.17, 15) is 19.8 Å². The van der Waals surface area contributed by atoms with Crippen LogP contribution in [0.15, 0.2) is 36.4 Å². The highest BCUT2D eigenvalue weighted by molar-refractivity contribution is 5.90. The summed E-state index contributed by atoms with van der Waals surface area (Å²) in [6.45, 7) is 8.29. The van der Waals surface area contributed by atoms with Gasteiger partial charge in [0.25, 0.3) is 0 Å². The molecular weight excluding hydrogens is 468 g/mol. The lowest BCUT2D eigenvalue weighted by Crippen LogP contribution is -2.39. The standard InChI is InChI=1S/C31H40O6/c1-19-17-21(5-15-27(19)32)29(34)36-25-11-7-23(8-12-25)31(3,4)24-9-13-26(14-10-24)37-30(35)22-6-16-28(33)20(2)18-22/h5-6,15-18,23-26,32-33H,7-14H2,1-4H3. The molecule has 0 spiro atoms. The van der Waals surface area contributed by atoms with Gasteiger partial charge < -0.3 is 19.7 Å². The van der Waals surface area contributed by atoms with Crippen LogP contribution in [-0.4, -0.2) is 34.4 Å². The molecular formula is C31H40O6. The Kier molecular flexibility index (Phi) is 8.15. The molecule has 0 aliphatic heterocycles. The monoisotopic (exact) mass is 508 g/mol. The zero-order valence-corrected chi connectivity index (χ0v) is 22.5. The fraction of sp³-hybridized carbons (Fsp3) is 0.548. The van der Waals surface area contributed by atoms with Gasteiger partial charge in [-0.25, -0.2) is 9.59 Å².